The van der Waals surface area contributed by atoms with Crippen molar-refractivity contribution in [3.05, 3.63) is 57.2 Å². The Balaban J connectivity index is 2.12. The lowest BCUT2D eigenvalue weighted by Gasteiger charge is -2.12. The van der Waals surface area contributed by atoms with Crippen molar-refractivity contribution in [2.24, 2.45) is 0 Å². The number of ether oxygens (including phenoxy) is 1. The molecule has 1 amide bonds. The number of rotatable bonds is 5. The summed E-state index contributed by atoms with van der Waals surface area (Å²) in [5.41, 5.74) is 2.63. The Morgan fingerprint density at radius 2 is 1.86 bits per heavy atom. The van der Waals surface area contributed by atoms with Gasteiger partial charge in [-0.25, -0.2) is 0 Å². The number of nitrogens with one attached hydrogen (secondary N) is 1. The molecule has 0 radical (unpaired) electrons. The number of amides is 1. The Hall–Kier alpha value is -1.56. The van der Waals surface area contributed by atoms with Gasteiger partial charge in [-0.15, -0.1) is 0 Å². The molecule has 0 aliphatic rings. The topological polar surface area (TPSA) is 38.3 Å². The third-order valence-corrected chi connectivity index (χ3v) is 3.86. The molecule has 0 aromatic heterocycles. The molecule has 0 unspecified atom stereocenters. The molecule has 2 rings (SSSR count). The number of carbonyl (C=O) groups is 1. The van der Waals surface area contributed by atoms with Gasteiger partial charge in [0.2, 0.25) is 0 Å². The number of aryl methyl sites for hydroxylation is 1. The van der Waals surface area contributed by atoms with Crippen molar-refractivity contribution in [2.45, 2.75) is 33.3 Å². The number of hydrogen-bond donors (Lipinski definition) is 1. The Labute approximate surface area is 145 Å². The van der Waals surface area contributed by atoms with Crippen LogP contribution in [-0.4, -0.2) is 12.0 Å². The molecule has 0 aliphatic heterocycles. The highest BCUT2D eigenvalue weighted by Gasteiger charge is 2.09. The van der Waals surface area contributed by atoms with E-state index in [4.69, 9.17) is 4.74 Å². The number of anilines is 1. The Bertz CT molecular complexity index is 651. The minimum absolute atomic E-state index is 0.105. The highest BCUT2D eigenvalue weighted by atomic mass is 127. The van der Waals surface area contributed by atoms with Crippen LogP contribution in [-0.2, 0) is 6.42 Å². The molecule has 116 valence electrons. The van der Waals surface area contributed by atoms with Gasteiger partial charge in [0.25, 0.3) is 5.91 Å². The van der Waals surface area contributed by atoms with E-state index in [1.165, 1.54) is 3.57 Å². The van der Waals surface area contributed by atoms with Crippen LogP contribution in [0.15, 0.2) is 42.5 Å². The molecule has 4 heteroatoms. The summed E-state index contributed by atoms with van der Waals surface area (Å²) in [7, 11) is 0. The van der Waals surface area contributed by atoms with Crippen LogP contribution in [0.25, 0.3) is 0 Å². The molecule has 2 aromatic rings. The van der Waals surface area contributed by atoms with E-state index in [0.29, 0.717) is 5.56 Å². The molecular weight excluding hydrogens is 389 g/mol. The van der Waals surface area contributed by atoms with Crippen LogP contribution in [0.1, 0.15) is 36.7 Å². The first-order chi connectivity index (χ1) is 10.5. The maximum absolute atomic E-state index is 12.3. The molecule has 22 heavy (non-hydrogen) atoms. The summed E-state index contributed by atoms with van der Waals surface area (Å²) < 4.78 is 6.75. The molecule has 2 aromatic carbocycles. The molecular formula is C18H20INO2. The number of halogens is 1. The van der Waals surface area contributed by atoms with Gasteiger partial charge in [-0.1, -0.05) is 6.92 Å². The van der Waals surface area contributed by atoms with Gasteiger partial charge in [0, 0.05) is 14.8 Å². The predicted molar refractivity (Wildman–Crippen MR) is 98.7 cm³/mol. The Morgan fingerprint density at radius 1 is 1.18 bits per heavy atom. The minimum Gasteiger partial charge on any atom is -0.491 e. The average molecular weight is 409 g/mol. The molecule has 0 fully saturated rings. The summed E-state index contributed by atoms with van der Waals surface area (Å²) in [6, 6.07) is 13.3. The van der Waals surface area contributed by atoms with E-state index in [1.807, 2.05) is 38.1 Å². The standard InChI is InChI=1S/C18H20INO2/c1-4-13-11-15(19)7-10-17(13)20-18(21)14-5-8-16(9-6-14)22-12(2)3/h5-12H,4H2,1-3H3,(H,20,21). The van der Waals surface area contributed by atoms with Crippen LogP contribution >= 0.6 is 22.6 Å². The normalized spacial score (nSPS) is 10.6. The molecule has 0 saturated heterocycles. The van der Waals surface area contributed by atoms with Crippen LogP contribution in [0.4, 0.5) is 5.69 Å². The molecule has 0 heterocycles. The second kappa shape index (κ2) is 7.63. The van der Waals surface area contributed by atoms with Crippen molar-refractivity contribution < 1.29 is 9.53 Å². The zero-order valence-electron chi connectivity index (χ0n) is 13.0. The van der Waals surface area contributed by atoms with E-state index in [1.54, 1.807) is 12.1 Å². The third-order valence-electron chi connectivity index (χ3n) is 3.18. The van der Waals surface area contributed by atoms with Crippen LogP contribution in [0.2, 0.25) is 0 Å². The molecule has 3 nitrogen and oxygen atoms in total. The fraction of sp³-hybridized carbons (Fsp3) is 0.278. The summed E-state index contributed by atoms with van der Waals surface area (Å²) in [5, 5.41) is 2.98. The number of benzene rings is 2. The van der Waals surface area contributed by atoms with Gasteiger partial charge in [-0.05, 0) is 90.9 Å². The first-order valence-electron chi connectivity index (χ1n) is 7.36. The lowest BCUT2D eigenvalue weighted by molar-refractivity contribution is 0.102. The van der Waals surface area contributed by atoms with Gasteiger partial charge in [-0.2, -0.15) is 0 Å². The van der Waals surface area contributed by atoms with Crippen LogP contribution in [0, 0.1) is 3.57 Å². The fourth-order valence-electron chi connectivity index (χ4n) is 2.13. The maximum atomic E-state index is 12.3. The zero-order chi connectivity index (χ0) is 16.1. The predicted octanol–water partition coefficient (Wildman–Crippen LogP) is 4.89. The van der Waals surface area contributed by atoms with E-state index in [0.717, 1.165) is 23.4 Å². The van der Waals surface area contributed by atoms with Gasteiger partial charge >= 0.3 is 0 Å². The lowest BCUT2D eigenvalue weighted by atomic mass is 10.1. The van der Waals surface area contributed by atoms with Gasteiger partial charge in [0.15, 0.2) is 0 Å². The summed E-state index contributed by atoms with van der Waals surface area (Å²) in [4.78, 5) is 12.3. The largest absolute Gasteiger partial charge is 0.491 e. The molecule has 0 bridgehead atoms. The summed E-state index contributed by atoms with van der Waals surface area (Å²) in [6.07, 6.45) is 1.01. The van der Waals surface area contributed by atoms with Gasteiger partial charge in [0.05, 0.1) is 6.10 Å². The Morgan fingerprint density at radius 3 is 2.45 bits per heavy atom. The van der Waals surface area contributed by atoms with Crippen LogP contribution in [0.5, 0.6) is 5.75 Å². The van der Waals surface area contributed by atoms with Crippen LogP contribution < -0.4 is 10.1 Å². The molecule has 1 N–H and O–H groups in total. The second-order valence-electron chi connectivity index (χ2n) is 5.30. The summed E-state index contributed by atoms with van der Waals surface area (Å²) >= 11 is 2.28. The molecule has 0 atom stereocenters. The quantitative estimate of drug-likeness (QED) is 0.714. The summed E-state index contributed by atoms with van der Waals surface area (Å²) in [5.74, 6) is 0.669. The van der Waals surface area contributed by atoms with E-state index >= 15 is 0 Å². The second-order valence-corrected chi connectivity index (χ2v) is 6.55. The van der Waals surface area contributed by atoms with Crippen molar-refractivity contribution in [1.82, 2.24) is 0 Å². The first-order valence-corrected chi connectivity index (χ1v) is 8.44. The van der Waals surface area contributed by atoms with Gasteiger partial charge in [-0.3, -0.25) is 4.79 Å². The first kappa shape index (κ1) is 16.8. The van der Waals surface area contributed by atoms with E-state index in [9.17, 15) is 4.79 Å². The Kier molecular flexibility index (Phi) is 5.83. The highest BCUT2D eigenvalue weighted by Crippen LogP contribution is 2.21. The minimum atomic E-state index is -0.105. The van der Waals surface area contributed by atoms with E-state index in [-0.39, 0.29) is 12.0 Å². The van der Waals surface area contributed by atoms with E-state index < -0.39 is 0 Å². The van der Waals surface area contributed by atoms with Crippen LogP contribution in [0.3, 0.4) is 0 Å². The molecule has 0 aliphatic carbocycles. The van der Waals surface area contributed by atoms with Gasteiger partial charge < -0.3 is 10.1 Å². The van der Waals surface area contributed by atoms with Crippen molar-refractivity contribution >= 4 is 34.2 Å². The van der Waals surface area contributed by atoms with Crippen molar-refractivity contribution in [3.63, 3.8) is 0 Å². The molecule has 0 saturated carbocycles. The van der Waals surface area contributed by atoms with Gasteiger partial charge in [0.1, 0.15) is 5.75 Å². The fourth-order valence-corrected chi connectivity index (χ4v) is 2.68. The third kappa shape index (κ3) is 4.47. The number of carbonyl (C=O) groups excluding carboxylic acids is 1. The summed E-state index contributed by atoms with van der Waals surface area (Å²) in [6.45, 7) is 6.03. The average Bonchev–Trinajstić information content (AvgIpc) is 2.49. The number of hydrogen-bond acceptors (Lipinski definition) is 2. The van der Waals surface area contributed by atoms with Crippen molar-refractivity contribution in [2.75, 3.05) is 5.32 Å². The zero-order valence-corrected chi connectivity index (χ0v) is 15.2. The maximum Gasteiger partial charge on any atom is 0.255 e. The monoisotopic (exact) mass is 409 g/mol. The van der Waals surface area contributed by atoms with E-state index in [2.05, 4.69) is 40.9 Å². The lowest BCUT2D eigenvalue weighted by Crippen LogP contribution is -2.13. The van der Waals surface area contributed by atoms with Crippen molar-refractivity contribution in [1.29, 1.82) is 0 Å². The van der Waals surface area contributed by atoms with Crippen molar-refractivity contribution in [3.8, 4) is 5.75 Å². The highest BCUT2D eigenvalue weighted by molar-refractivity contribution is 14.1. The molecule has 0 spiro atoms. The smallest absolute Gasteiger partial charge is 0.255 e. The SMILES string of the molecule is CCc1cc(I)ccc1NC(=O)c1ccc(OC(C)C)cc1.